The number of aliphatic hydroxyl groups is 1. The fourth-order valence-electron chi connectivity index (χ4n) is 3.43. The molecule has 2 saturated carbocycles. The van der Waals surface area contributed by atoms with E-state index in [1.807, 2.05) is 18.2 Å². The van der Waals surface area contributed by atoms with Crippen molar-refractivity contribution in [2.24, 2.45) is 11.3 Å². The van der Waals surface area contributed by atoms with Gasteiger partial charge in [0.05, 0.1) is 6.10 Å². The summed E-state index contributed by atoms with van der Waals surface area (Å²) < 4.78 is 11.1. The molecule has 2 N–H and O–H groups in total. The van der Waals surface area contributed by atoms with E-state index in [4.69, 9.17) is 9.47 Å². The van der Waals surface area contributed by atoms with E-state index in [1.165, 1.54) is 25.7 Å². The molecular weight excluding hydrogens is 266 g/mol. The summed E-state index contributed by atoms with van der Waals surface area (Å²) in [6.45, 7) is 2.84. The molecule has 3 aliphatic rings. The van der Waals surface area contributed by atoms with Gasteiger partial charge in [0.25, 0.3) is 0 Å². The number of ether oxygens (including phenoxy) is 2. The minimum absolute atomic E-state index is 0.490. The number of aliphatic hydroxyl groups excluding tert-OH is 1. The lowest BCUT2D eigenvalue weighted by Crippen LogP contribution is -2.29. The lowest BCUT2D eigenvalue weighted by atomic mass is 10.0. The van der Waals surface area contributed by atoms with E-state index in [-0.39, 0.29) is 0 Å². The highest BCUT2D eigenvalue weighted by Gasteiger charge is 2.53. The van der Waals surface area contributed by atoms with Crippen LogP contribution in [0.25, 0.3) is 0 Å². The number of hydrogen-bond acceptors (Lipinski definition) is 4. The van der Waals surface area contributed by atoms with Crippen LogP contribution >= 0.6 is 0 Å². The third-order valence-corrected chi connectivity index (χ3v) is 5.10. The third-order valence-electron chi connectivity index (χ3n) is 5.10. The highest BCUT2D eigenvalue weighted by Crippen LogP contribution is 2.60. The molecule has 2 aliphatic carbocycles. The topological polar surface area (TPSA) is 50.7 Å². The smallest absolute Gasteiger partial charge is 0.161 e. The first-order valence-electron chi connectivity index (χ1n) is 8.05. The van der Waals surface area contributed by atoms with Gasteiger partial charge in [-0.1, -0.05) is 6.07 Å². The molecule has 1 heterocycles. The van der Waals surface area contributed by atoms with Crippen molar-refractivity contribution in [2.75, 3.05) is 26.3 Å². The lowest BCUT2D eigenvalue weighted by molar-refractivity contribution is 0.161. The molecular formula is C17H23NO3. The van der Waals surface area contributed by atoms with E-state index in [1.54, 1.807) is 0 Å². The van der Waals surface area contributed by atoms with E-state index in [9.17, 15) is 5.11 Å². The average Bonchev–Trinajstić information content (AvgIpc) is 3.38. The molecule has 1 unspecified atom stereocenters. The molecule has 0 bridgehead atoms. The van der Waals surface area contributed by atoms with Crippen LogP contribution < -0.4 is 14.8 Å². The number of fused-ring (bicyclic) bond motifs is 1. The fourth-order valence-corrected chi connectivity index (χ4v) is 3.43. The van der Waals surface area contributed by atoms with Crippen molar-refractivity contribution < 1.29 is 14.6 Å². The maximum absolute atomic E-state index is 10.3. The van der Waals surface area contributed by atoms with Crippen LogP contribution in [-0.2, 0) is 0 Å². The Morgan fingerprint density at radius 3 is 2.67 bits per heavy atom. The van der Waals surface area contributed by atoms with Crippen LogP contribution in [0.1, 0.15) is 37.4 Å². The predicted octanol–water partition coefficient (Wildman–Crippen LogP) is 2.27. The summed E-state index contributed by atoms with van der Waals surface area (Å²) >= 11 is 0. The second-order valence-electron chi connectivity index (χ2n) is 6.69. The number of nitrogens with one attached hydrogen (secondary N) is 1. The van der Waals surface area contributed by atoms with Crippen LogP contribution in [0.5, 0.6) is 11.5 Å². The molecule has 0 aromatic heterocycles. The standard InChI is InChI=1S/C17H23NO3/c19-14(10-18-11-17(5-6-17)13-2-3-13)12-1-4-15-16(9-12)21-8-7-20-15/h1,4,9,13-14,18-19H,2-3,5-8,10-11H2. The molecule has 4 heteroatoms. The van der Waals surface area contributed by atoms with E-state index in [2.05, 4.69) is 5.32 Å². The second kappa shape index (κ2) is 5.18. The quantitative estimate of drug-likeness (QED) is 0.843. The Morgan fingerprint density at radius 1 is 1.19 bits per heavy atom. The Balaban J connectivity index is 1.33. The van der Waals surface area contributed by atoms with Gasteiger partial charge in [-0.15, -0.1) is 0 Å². The van der Waals surface area contributed by atoms with Crippen LogP contribution in [0, 0.1) is 11.3 Å². The number of rotatable bonds is 6. The van der Waals surface area contributed by atoms with Crippen molar-refractivity contribution in [2.45, 2.75) is 31.8 Å². The fraction of sp³-hybridized carbons (Fsp3) is 0.647. The van der Waals surface area contributed by atoms with Gasteiger partial charge in [-0.2, -0.15) is 0 Å². The number of hydrogen-bond donors (Lipinski definition) is 2. The maximum Gasteiger partial charge on any atom is 0.161 e. The van der Waals surface area contributed by atoms with Gasteiger partial charge in [-0.05, 0) is 54.7 Å². The Morgan fingerprint density at radius 2 is 1.95 bits per heavy atom. The van der Waals surface area contributed by atoms with Gasteiger partial charge in [0, 0.05) is 13.1 Å². The van der Waals surface area contributed by atoms with E-state index < -0.39 is 6.10 Å². The zero-order valence-corrected chi connectivity index (χ0v) is 12.3. The van der Waals surface area contributed by atoms with Crippen LogP contribution in [0.4, 0.5) is 0 Å². The zero-order valence-electron chi connectivity index (χ0n) is 12.3. The molecule has 2 fully saturated rings. The molecule has 4 nitrogen and oxygen atoms in total. The zero-order chi connectivity index (χ0) is 14.3. The molecule has 1 aromatic rings. The van der Waals surface area contributed by atoms with Gasteiger partial charge in [0.15, 0.2) is 11.5 Å². The predicted molar refractivity (Wildman–Crippen MR) is 79.7 cm³/mol. The Kier molecular flexibility index (Phi) is 3.31. The Bertz CT molecular complexity index is 523. The van der Waals surface area contributed by atoms with Gasteiger partial charge in [-0.3, -0.25) is 0 Å². The molecule has 0 amide bonds. The first kappa shape index (κ1) is 13.4. The summed E-state index contributed by atoms with van der Waals surface area (Å²) in [6.07, 6.45) is 5.06. The highest BCUT2D eigenvalue weighted by atomic mass is 16.6. The molecule has 114 valence electrons. The van der Waals surface area contributed by atoms with Gasteiger partial charge in [-0.25, -0.2) is 0 Å². The highest BCUT2D eigenvalue weighted by molar-refractivity contribution is 5.44. The largest absolute Gasteiger partial charge is 0.486 e. The summed E-state index contributed by atoms with van der Waals surface area (Å²) in [5.74, 6) is 2.47. The minimum atomic E-state index is -0.490. The van der Waals surface area contributed by atoms with Gasteiger partial charge >= 0.3 is 0 Å². The third kappa shape index (κ3) is 2.74. The van der Waals surface area contributed by atoms with Crippen molar-refractivity contribution in [1.29, 1.82) is 0 Å². The van der Waals surface area contributed by atoms with Crippen molar-refractivity contribution >= 4 is 0 Å². The van der Waals surface area contributed by atoms with Crippen molar-refractivity contribution in [1.82, 2.24) is 5.32 Å². The summed E-state index contributed by atoms with van der Waals surface area (Å²) in [4.78, 5) is 0. The summed E-state index contributed by atoms with van der Waals surface area (Å²) in [5.41, 5.74) is 1.47. The summed E-state index contributed by atoms with van der Waals surface area (Å²) in [5, 5.41) is 13.8. The molecule has 1 aliphatic heterocycles. The van der Waals surface area contributed by atoms with Gasteiger partial charge in [0.2, 0.25) is 0 Å². The maximum atomic E-state index is 10.3. The molecule has 0 saturated heterocycles. The van der Waals surface area contributed by atoms with E-state index in [0.717, 1.165) is 29.5 Å². The van der Waals surface area contributed by atoms with Gasteiger partial charge < -0.3 is 19.9 Å². The Hall–Kier alpha value is -1.26. The molecule has 1 aromatic carbocycles. The molecule has 1 atom stereocenters. The lowest BCUT2D eigenvalue weighted by Gasteiger charge is -2.21. The normalized spacial score (nSPS) is 23.7. The first-order chi connectivity index (χ1) is 10.3. The van der Waals surface area contributed by atoms with Crippen LogP contribution in [0.3, 0.4) is 0 Å². The molecule has 0 radical (unpaired) electrons. The minimum Gasteiger partial charge on any atom is -0.486 e. The molecule has 21 heavy (non-hydrogen) atoms. The van der Waals surface area contributed by atoms with E-state index >= 15 is 0 Å². The first-order valence-corrected chi connectivity index (χ1v) is 8.05. The van der Waals surface area contributed by atoms with Crippen LogP contribution in [0.15, 0.2) is 18.2 Å². The van der Waals surface area contributed by atoms with Crippen LogP contribution in [-0.4, -0.2) is 31.4 Å². The summed E-state index contributed by atoms with van der Waals surface area (Å²) in [6, 6.07) is 5.71. The van der Waals surface area contributed by atoms with Crippen molar-refractivity contribution in [3.05, 3.63) is 23.8 Å². The SMILES string of the molecule is OC(CNCC1(C2CC2)CC1)c1ccc2c(c1)OCCO2. The molecule has 4 rings (SSSR count). The second-order valence-corrected chi connectivity index (χ2v) is 6.69. The van der Waals surface area contributed by atoms with Crippen molar-refractivity contribution in [3.8, 4) is 11.5 Å². The van der Waals surface area contributed by atoms with Crippen molar-refractivity contribution in [3.63, 3.8) is 0 Å². The van der Waals surface area contributed by atoms with Crippen LogP contribution in [0.2, 0.25) is 0 Å². The average molecular weight is 289 g/mol. The number of benzene rings is 1. The molecule has 0 spiro atoms. The summed E-state index contributed by atoms with van der Waals surface area (Å²) in [7, 11) is 0. The van der Waals surface area contributed by atoms with Gasteiger partial charge in [0.1, 0.15) is 13.2 Å². The van der Waals surface area contributed by atoms with E-state index in [0.29, 0.717) is 25.2 Å². The monoisotopic (exact) mass is 289 g/mol. The Labute approximate surface area is 125 Å².